The lowest BCUT2D eigenvalue weighted by molar-refractivity contribution is 0.0144. The van der Waals surface area contributed by atoms with Gasteiger partial charge in [0.1, 0.15) is 5.60 Å². The molecule has 6 heteroatoms. The Morgan fingerprint density at radius 1 is 1.27 bits per heavy atom. The van der Waals surface area contributed by atoms with Crippen LogP contribution in [0.3, 0.4) is 0 Å². The smallest absolute Gasteiger partial charge is 0.410 e. The third kappa shape index (κ3) is 6.10. The van der Waals surface area contributed by atoms with Crippen molar-refractivity contribution >= 4 is 6.09 Å². The fourth-order valence-corrected chi connectivity index (χ4v) is 2.78. The summed E-state index contributed by atoms with van der Waals surface area (Å²) < 4.78 is 10.8. The van der Waals surface area contributed by atoms with Gasteiger partial charge in [-0.15, -0.1) is 0 Å². The maximum Gasteiger partial charge on any atom is 0.410 e. The van der Waals surface area contributed by atoms with Gasteiger partial charge in [0.15, 0.2) is 0 Å². The van der Waals surface area contributed by atoms with E-state index in [1.807, 2.05) is 25.7 Å². The van der Waals surface area contributed by atoms with Crippen molar-refractivity contribution in [3.05, 3.63) is 0 Å². The maximum absolute atomic E-state index is 12.0. The quantitative estimate of drug-likeness (QED) is 0.776. The van der Waals surface area contributed by atoms with E-state index in [2.05, 4.69) is 10.2 Å². The van der Waals surface area contributed by atoms with Crippen LogP contribution >= 0.6 is 0 Å². The van der Waals surface area contributed by atoms with E-state index in [0.29, 0.717) is 6.04 Å². The molecule has 2 rings (SSSR count). The van der Waals surface area contributed by atoms with Gasteiger partial charge in [0.2, 0.25) is 0 Å². The monoisotopic (exact) mass is 313 g/mol. The Balaban J connectivity index is 1.55. The number of nitrogens with one attached hydrogen (secondary N) is 1. The van der Waals surface area contributed by atoms with Crippen molar-refractivity contribution in [1.82, 2.24) is 15.1 Å². The van der Waals surface area contributed by atoms with Gasteiger partial charge in [0, 0.05) is 38.8 Å². The summed E-state index contributed by atoms with van der Waals surface area (Å²) in [7, 11) is 0. The lowest BCUT2D eigenvalue weighted by Gasteiger charge is -2.35. The van der Waals surface area contributed by atoms with E-state index >= 15 is 0 Å². The number of rotatable bonds is 5. The largest absolute Gasteiger partial charge is 0.444 e. The lowest BCUT2D eigenvalue weighted by Crippen LogP contribution is -2.50. The molecule has 0 aliphatic carbocycles. The van der Waals surface area contributed by atoms with Crippen molar-refractivity contribution in [1.29, 1.82) is 0 Å². The van der Waals surface area contributed by atoms with Crippen LogP contribution in [0, 0.1) is 0 Å². The number of piperazine rings is 1. The second kappa shape index (κ2) is 8.13. The molecule has 2 aliphatic rings. The summed E-state index contributed by atoms with van der Waals surface area (Å²) in [6.07, 6.45) is 2.09. The fraction of sp³-hybridized carbons (Fsp3) is 0.938. The molecule has 6 nitrogen and oxygen atoms in total. The van der Waals surface area contributed by atoms with Crippen LogP contribution in [0.25, 0.3) is 0 Å². The molecule has 0 aromatic heterocycles. The van der Waals surface area contributed by atoms with E-state index in [9.17, 15) is 4.79 Å². The molecule has 0 saturated carbocycles. The van der Waals surface area contributed by atoms with Crippen LogP contribution in [-0.4, -0.2) is 80.0 Å². The molecule has 0 bridgehead atoms. The number of nitrogens with zero attached hydrogens (tertiary/aromatic N) is 2. The average molecular weight is 313 g/mol. The molecule has 2 heterocycles. The van der Waals surface area contributed by atoms with Gasteiger partial charge in [-0.2, -0.15) is 0 Å². The fourth-order valence-electron chi connectivity index (χ4n) is 2.78. The number of hydrogen-bond acceptors (Lipinski definition) is 5. The van der Waals surface area contributed by atoms with Crippen LogP contribution in [0.4, 0.5) is 4.79 Å². The van der Waals surface area contributed by atoms with Gasteiger partial charge < -0.3 is 19.7 Å². The molecule has 0 aromatic rings. The molecule has 0 radical (unpaired) electrons. The van der Waals surface area contributed by atoms with E-state index in [0.717, 1.165) is 65.3 Å². The van der Waals surface area contributed by atoms with Crippen molar-refractivity contribution in [3.8, 4) is 0 Å². The highest BCUT2D eigenvalue weighted by Crippen LogP contribution is 2.12. The minimum absolute atomic E-state index is 0.185. The van der Waals surface area contributed by atoms with E-state index in [4.69, 9.17) is 9.47 Å². The zero-order valence-corrected chi connectivity index (χ0v) is 14.3. The number of carbonyl (C=O) groups excluding carboxylic acids is 1. The summed E-state index contributed by atoms with van der Waals surface area (Å²) in [6, 6.07) is 0.545. The van der Waals surface area contributed by atoms with Crippen molar-refractivity contribution in [2.24, 2.45) is 0 Å². The summed E-state index contributed by atoms with van der Waals surface area (Å²) in [5, 5.41) is 3.54. The van der Waals surface area contributed by atoms with Crippen molar-refractivity contribution < 1.29 is 14.3 Å². The summed E-state index contributed by atoms with van der Waals surface area (Å²) in [5.74, 6) is 0. The van der Waals surface area contributed by atoms with Crippen LogP contribution in [0.1, 0.15) is 33.6 Å². The molecule has 0 spiro atoms. The molecule has 0 aromatic carbocycles. The molecular weight excluding hydrogens is 282 g/mol. The molecule has 2 fully saturated rings. The first-order chi connectivity index (χ1) is 10.4. The Morgan fingerprint density at radius 3 is 2.59 bits per heavy atom. The Morgan fingerprint density at radius 2 is 2.00 bits per heavy atom. The third-order valence-corrected chi connectivity index (χ3v) is 4.04. The predicted octanol–water partition coefficient (Wildman–Crippen LogP) is 1.31. The number of amides is 1. The van der Waals surface area contributed by atoms with Gasteiger partial charge in [-0.3, -0.25) is 4.90 Å². The summed E-state index contributed by atoms with van der Waals surface area (Å²) in [6.45, 7) is 13.0. The number of ether oxygens (including phenoxy) is 2. The second-order valence-electron chi connectivity index (χ2n) is 7.18. The molecule has 1 amide bonds. The highest BCUT2D eigenvalue weighted by Gasteiger charge is 2.25. The van der Waals surface area contributed by atoms with Gasteiger partial charge in [-0.25, -0.2) is 4.79 Å². The van der Waals surface area contributed by atoms with Gasteiger partial charge >= 0.3 is 6.09 Å². The van der Waals surface area contributed by atoms with Crippen molar-refractivity contribution in [3.63, 3.8) is 0 Å². The maximum atomic E-state index is 12.0. The zero-order chi connectivity index (χ0) is 16.0. The van der Waals surface area contributed by atoms with E-state index in [1.165, 1.54) is 0 Å². The SMILES string of the molecule is CC(C)(C)OC(=O)N1CCN(CCCNC2CCOC2)CC1. The van der Waals surface area contributed by atoms with E-state index in [1.54, 1.807) is 0 Å². The molecule has 2 saturated heterocycles. The molecule has 128 valence electrons. The van der Waals surface area contributed by atoms with Crippen LogP contribution in [-0.2, 0) is 9.47 Å². The van der Waals surface area contributed by atoms with Gasteiger partial charge in [-0.1, -0.05) is 0 Å². The molecule has 1 atom stereocenters. The first-order valence-corrected chi connectivity index (χ1v) is 8.45. The average Bonchev–Trinajstić information content (AvgIpc) is 2.95. The van der Waals surface area contributed by atoms with E-state index in [-0.39, 0.29) is 6.09 Å². The first-order valence-electron chi connectivity index (χ1n) is 8.45. The van der Waals surface area contributed by atoms with Crippen LogP contribution in [0.2, 0.25) is 0 Å². The minimum atomic E-state index is -0.413. The second-order valence-corrected chi connectivity index (χ2v) is 7.18. The Labute approximate surface area is 134 Å². The standard InChI is InChI=1S/C16H31N3O3/c1-16(2,3)22-15(20)19-10-8-18(9-11-19)7-4-6-17-14-5-12-21-13-14/h14,17H,4-13H2,1-3H3. The van der Waals surface area contributed by atoms with Crippen LogP contribution in [0.15, 0.2) is 0 Å². The number of carbonyl (C=O) groups is 1. The highest BCUT2D eigenvalue weighted by atomic mass is 16.6. The normalized spacial score (nSPS) is 23.8. The highest BCUT2D eigenvalue weighted by molar-refractivity contribution is 5.68. The predicted molar refractivity (Wildman–Crippen MR) is 86.1 cm³/mol. The molecular formula is C16H31N3O3. The summed E-state index contributed by atoms with van der Waals surface area (Å²) in [4.78, 5) is 16.2. The first kappa shape index (κ1) is 17.5. The summed E-state index contributed by atoms with van der Waals surface area (Å²) >= 11 is 0. The van der Waals surface area contributed by atoms with Gasteiger partial charge in [-0.05, 0) is 46.7 Å². The van der Waals surface area contributed by atoms with Gasteiger partial charge in [0.25, 0.3) is 0 Å². The van der Waals surface area contributed by atoms with Gasteiger partial charge in [0.05, 0.1) is 6.61 Å². The Kier molecular flexibility index (Phi) is 6.47. The van der Waals surface area contributed by atoms with Crippen molar-refractivity contribution in [2.45, 2.75) is 45.3 Å². The zero-order valence-electron chi connectivity index (χ0n) is 14.3. The Hall–Kier alpha value is -0.850. The van der Waals surface area contributed by atoms with Crippen LogP contribution < -0.4 is 5.32 Å². The molecule has 1 N–H and O–H groups in total. The molecule has 1 unspecified atom stereocenters. The minimum Gasteiger partial charge on any atom is -0.444 e. The topological polar surface area (TPSA) is 54.0 Å². The van der Waals surface area contributed by atoms with Crippen molar-refractivity contribution in [2.75, 3.05) is 52.5 Å². The molecule has 22 heavy (non-hydrogen) atoms. The molecule has 2 aliphatic heterocycles. The van der Waals surface area contributed by atoms with E-state index < -0.39 is 5.60 Å². The number of hydrogen-bond donors (Lipinski definition) is 1. The van der Waals surface area contributed by atoms with Crippen LogP contribution in [0.5, 0.6) is 0 Å². The lowest BCUT2D eigenvalue weighted by atomic mass is 10.2. The summed E-state index contributed by atoms with van der Waals surface area (Å²) in [5.41, 5.74) is -0.413. The Bertz CT molecular complexity index is 343. The third-order valence-electron chi connectivity index (χ3n) is 4.04.